The smallest absolute Gasteiger partial charge is 0.274 e. The van der Waals surface area contributed by atoms with Gasteiger partial charge in [-0.1, -0.05) is 54.6 Å². The Morgan fingerprint density at radius 1 is 1.13 bits per heavy atom. The quantitative estimate of drug-likeness (QED) is 0.533. The van der Waals surface area contributed by atoms with Crippen LogP contribution < -0.4 is 20.9 Å². The van der Waals surface area contributed by atoms with Crippen molar-refractivity contribution in [1.29, 1.82) is 0 Å². The van der Waals surface area contributed by atoms with Crippen molar-refractivity contribution in [2.24, 2.45) is 0 Å². The van der Waals surface area contributed by atoms with Gasteiger partial charge in [-0.25, -0.2) is 0 Å². The summed E-state index contributed by atoms with van der Waals surface area (Å²) >= 11 is 0. The molecule has 2 aromatic carbocycles. The average molecular weight is 403 g/mol. The van der Waals surface area contributed by atoms with E-state index in [4.69, 9.17) is 4.74 Å². The first kappa shape index (κ1) is 20.9. The Balaban J connectivity index is 2.09. The lowest BCUT2D eigenvalue weighted by molar-refractivity contribution is 0.0945. The van der Waals surface area contributed by atoms with Gasteiger partial charge in [0.05, 0.1) is 13.2 Å². The fourth-order valence-corrected chi connectivity index (χ4v) is 3.42. The van der Waals surface area contributed by atoms with Gasteiger partial charge >= 0.3 is 0 Å². The second-order valence-electron chi connectivity index (χ2n) is 6.70. The van der Waals surface area contributed by atoms with Crippen LogP contribution in [0.1, 0.15) is 28.5 Å². The van der Waals surface area contributed by atoms with Gasteiger partial charge in [-0.2, -0.15) is 0 Å². The molecule has 0 bridgehead atoms. The second-order valence-corrected chi connectivity index (χ2v) is 6.70. The number of benzene rings is 2. The van der Waals surface area contributed by atoms with Crippen molar-refractivity contribution in [2.45, 2.75) is 12.5 Å². The molecule has 3 aromatic rings. The molecule has 1 heterocycles. The van der Waals surface area contributed by atoms with Crippen molar-refractivity contribution in [3.63, 3.8) is 0 Å². The van der Waals surface area contributed by atoms with Crippen LogP contribution in [-0.4, -0.2) is 24.2 Å². The maximum Gasteiger partial charge on any atom is 0.274 e. The summed E-state index contributed by atoms with van der Waals surface area (Å²) < 4.78 is 6.79. The number of methoxy groups -OCH3 is 1. The molecule has 1 amide bonds. The lowest BCUT2D eigenvalue weighted by Crippen LogP contribution is -2.34. The minimum absolute atomic E-state index is 0.0261. The van der Waals surface area contributed by atoms with Crippen LogP contribution in [0.25, 0.3) is 10.8 Å². The standard InChI is InChI=1S/C24H25N3O3/c1-4-9-20(19-13-8-11-17-10-6-7-12-18(17)19)26-27-16-14-21(28)23(30-3)22(27)24(29)25-15-5-2/h4-8,10-14,16,20,26H,1-2,9,15H2,3H3,(H,25,29). The number of nitrogens with one attached hydrogen (secondary N) is 2. The highest BCUT2D eigenvalue weighted by molar-refractivity contribution is 5.95. The van der Waals surface area contributed by atoms with E-state index in [1.165, 1.54) is 24.0 Å². The number of amides is 1. The molecular formula is C24H25N3O3. The van der Waals surface area contributed by atoms with Gasteiger partial charge in [-0.3, -0.25) is 14.3 Å². The fourth-order valence-electron chi connectivity index (χ4n) is 3.42. The summed E-state index contributed by atoms with van der Waals surface area (Å²) in [6.07, 6.45) is 5.53. The van der Waals surface area contributed by atoms with E-state index in [9.17, 15) is 9.59 Å². The topological polar surface area (TPSA) is 72.4 Å². The van der Waals surface area contributed by atoms with Gasteiger partial charge in [0.15, 0.2) is 11.4 Å². The molecule has 0 fully saturated rings. The molecule has 154 valence electrons. The number of aromatic nitrogens is 1. The molecule has 1 unspecified atom stereocenters. The summed E-state index contributed by atoms with van der Waals surface area (Å²) in [6.45, 7) is 7.76. The van der Waals surface area contributed by atoms with Gasteiger partial charge in [-0.05, 0) is 22.8 Å². The summed E-state index contributed by atoms with van der Waals surface area (Å²) in [5.41, 5.74) is 4.14. The van der Waals surface area contributed by atoms with Gasteiger partial charge in [-0.15, -0.1) is 13.2 Å². The lowest BCUT2D eigenvalue weighted by atomic mass is 9.97. The normalized spacial score (nSPS) is 11.5. The summed E-state index contributed by atoms with van der Waals surface area (Å²) in [4.78, 5) is 25.1. The Labute approximate surface area is 175 Å². The molecule has 6 heteroatoms. The first-order valence-corrected chi connectivity index (χ1v) is 9.64. The number of hydrogen-bond donors (Lipinski definition) is 2. The minimum atomic E-state index is -0.438. The van der Waals surface area contributed by atoms with Gasteiger partial charge in [0.2, 0.25) is 5.43 Å². The third-order valence-electron chi connectivity index (χ3n) is 4.78. The number of carbonyl (C=O) groups excluding carboxylic acids is 1. The largest absolute Gasteiger partial charge is 0.491 e. The molecule has 0 aliphatic rings. The third-order valence-corrected chi connectivity index (χ3v) is 4.78. The van der Waals surface area contributed by atoms with Gasteiger partial charge < -0.3 is 15.5 Å². The van der Waals surface area contributed by atoms with E-state index in [2.05, 4.69) is 42.1 Å². The molecule has 6 nitrogen and oxygen atoms in total. The zero-order valence-corrected chi connectivity index (χ0v) is 16.9. The maximum atomic E-state index is 12.8. The number of rotatable bonds is 9. The Morgan fingerprint density at radius 2 is 1.90 bits per heavy atom. The highest BCUT2D eigenvalue weighted by Crippen LogP contribution is 2.28. The lowest BCUT2D eigenvalue weighted by Gasteiger charge is -2.25. The minimum Gasteiger partial charge on any atom is -0.491 e. The molecule has 3 rings (SSSR count). The van der Waals surface area contributed by atoms with Crippen LogP contribution in [0.3, 0.4) is 0 Å². The summed E-state index contributed by atoms with van der Waals surface area (Å²) in [7, 11) is 1.37. The predicted molar refractivity (Wildman–Crippen MR) is 121 cm³/mol. The highest BCUT2D eigenvalue weighted by atomic mass is 16.5. The molecule has 0 spiro atoms. The van der Waals surface area contributed by atoms with E-state index in [-0.39, 0.29) is 29.5 Å². The molecule has 0 aliphatic heterocycles. The van der Waals surface area contributed by atoms with Crippen molar-refractivity contribution in [3.8, 4) is 5.75 Å². The van der Waals surface area contributed by atoms with Crippen molar-refractivity contribution >= 4 is 16.7 Å². The summed E-state index contributed by atoms with van der Waals surface area (Å²) in [6, 6.07) is 15.4. The SMILES string of the molecule is C=CCNC(=O)c1c(OC)c(=O)ccn1NC(CC=C)c1cccc2ccccc12. The average Bonchev–Trinajstić information content (AvgIpc) is 2.77. The number of carbonyl (C=O) groups is 1. The van der Waals surface area contributed by atoms with E-state index in [1.54, 1.807) is 6.08 Å². The van der Waals surface area contributed by atoms with Crippen molar-refractivity contribution in [2.75, 3.05) is 19.1 Å². The molecule has 30 heavy (non-hydrogen) atoms. The molecule has 2 N–H and O–H groups in total. The maximum absolute atomic E-state index is 12.8. The van der Waals surface area contributed by atoms with E-state index < -0.39 is 5.91 Å². The zero-order valence-electron chi connectivity index (χ0n) is 16.9. The molecule has 0 radical (unpaired) electrons. The Morgan fingerprint density at radius 3 is 2.63 bits per heavy atom. The molecule has 0 saturated carbocycles. The van der Waals surface area contributed by atoms with E-state index >= 15 is 0 Å². The zero-order chi connectivity index (χ0) is 21.5. The monoisotopic (exact) mass is 403 g/mol. The van der Waals surface area contributed by atoms with E-state index in [0.29, 0.717) is 6.42 Å². The second kappa shape index (κ2) is 9.60. The van der Waals surface area contributed by atoms with Gasteiger partial charge in [0.1, 0.15) is 0 Å². The third kappa shape index (κ3) is 4.27. The van der Waals surface area contributed by atoms with Crippen LogP contribution in [-0.2, 0) is 0 Å². The summed E-state index contributed by atoms with van der Waals surface area (Å²) in [5.74, 6) is -0.464. The summed E-state index contributed by atoms with van der Waals surface area (Å²) in [5, 5.41) is 4.93. The van der Waals surface area contributed by atoms with Crippen LogP contribution in [0.4, 0.5) is 0 Å². The van der Waals surface area contributed by atoms with E-state index in [1.807, 2.05) is 30.3 Å². The molecule has 1 aromatic heterocycles. The Kier molecular flexibility index (Phi) is 6.70. The predicted octanol–water partition coefficient (Wildman–Crippen LogP) is 3.79. The van der Waals surface area contributed by atoms with Crippen molar-refractivity contribution in [1.82, 2.24) is 9.99 Å². The van der Waals surface area contributed by atoms with Crippen molar-refractivity contribution < 1.29 is 9.53 Å². The number of fused-ring (bicyclic) bond motifs is 1. The van der Waals surface area contributed by atoms with Gasteiger partial charge in [0, 0.05) is 18.8 Å². The molecular weight excluding hydrogens is 378 g/mol. The number of ether oxygens (including phenoxy) is 1. The fraction of sp³-hybridized carbons (Fsp3) is 0.167. The van der Waals surface area contributed by atoms with Crippen LogP contribution in [0.2, 0.25) is 0 Å². The number of nitrogens with zero attached hydrogens (tertiary/aromatic N) is 1. The first-order valence-electron chi connectivity index (χ1n) is 9.64. The molecule has 1 atom stereocenters. The van der Waals surface area contributed by atoms with Gasteiger partial charge in [0.25, 0.3) is 5.91 Å². The first-order chi connectivity index (χ1) is 14.6. The van der Waals surface area contributed by atoms with Crippen LogP contribution in [0.5, 0.6) is 5.75 Å². The number of pyridine rings is 1. The van der Waals surface area contributed by atoms with Crippen LogP contribution >= 0.6 is 0 Å². The molecule has 0 aliphatic carbocycles. The Hall–Kier alpha value is -3.80. The molecule has 0 saturated heterocycles. The Bertz CT molecular complexity index is 1130. The van der Waals surface area contributed by atoms with Crippen molar-refractivity contribution in [3.05, 3.63) is 102 Å². The highest BCUT2D eigenvalue weighted by Gasteiger charge is 2.22. The van der Waals surface area contributed by atoms with Crippen LogP contribution in [0.15, 0.2) is 84.8 Å². The van der Waals surface area contributed by atoms with Crippen LogP contribution in [0, 0.1) is 0 Å². The number of hydrogen-bond acceptors (Lipinski definition) is 4. The van der Waals surface area contributed by atoms with E-state index in [0.717, 1.165) is 16.3 Å².